The number of nitrogens with one attached hydrogen (secondary N) is 1. The standard InChI is InChI=1S/C17H18BrNO3/c1-12-3-5-13(6-4-12)22-10-9-19-17(20)15-11-14(21-2)7-8-16(15)18/h3-8,11H,9-10H2,1-2H3,(H,19,20). The smallest absolute Gasteiger partial charge is 0.252 e. The van der Waals surface area contributed by atoms with Gasteiger partial charge in [-0.2, -0.15) is 0 Å². The third-order valence-electron chi connectivity index (χ3n) is 3.10. The van der Waals surface area contributed by atoms with Crippen LogP contribution < -0.4 is 14.8 Å². The Morgan fingerprint density at radius 1 is 1.14 bits per heavy atom. The van der Waals surface area contributed by atoms with E-state index in [1.165, 1.54) is 5.56 Å². The van der Waals surface area contributed by atoms with E-state index in [0.717, 1.165) is 10.2 Å². The highest BCUT2D eigenvalue weighted by Gasteiger charge is 2.10. The molecule has 0 atom stereocenters. The maximum atomic E-state index is 12.1. The molecule has 0 aromatic heterocycles. The molecule has 1 N–H and O–H groups in total. The molecule has 0 aliphatic carbocycles. The summed E-state index contributed by atoms with van der Waals surface area (Å²) in [5, 5.41) is 2.82. The molecule has 2 rings (SSSR count). The zero-order valence-corrected chi connectivity index (χ0v) is 14.1. The van der Waals surface area contributed by atoms with Gasteiger partial charge in [0.05, 0.1) is 19.2 Å². The lowest BCUT2D eigenvalue weighted by atomic mass is 10.2. The first-order valence-electron chi connectivity index (χ1n) is 6.91. The highest BCUT2D eigenvalue weighted by molar-refractivity contribution is 9.10. The van der Waals surface area contributed by atoms with E-state index in [2.05, 4.69) is 21.2 Å². The Kier molecular flexibility index (Phi) is 5.83. The van der Waals surface area contributed by atoms with Gasteiger partial charge in [0.25, 0.3) is 5.91 Å². The molecule has 0 bridgehead atoms. The molecule has 2 aromatic rings. The topological polar surface area (TPSA) is 47.6 Å². The highest BCUT2D eigenvalue weighted by Crippen LogP contribution is 2.22. The van der Waals surface area contributed by atoms with Gasteiger partial charge in [-0.1, -0.05) is 17.7 Å². The minimum atomic E-state index is -0.168. The van der Waals surface area contributed by atoms with Crippen molar-refractivity contribution in [2.24, 2.45) is 0 Å². The first kappa shape index (κ1) is 16.4. The Balaban J connectivity index is 1.84. The average molecular weight is 364 g/mol. The average Bonchev–Trinajstić information content (AvgIpc) is 2.53. The summed E-state index contributed by atoms with van der Waals surface area (Å²) in [5.41, 5.74) is 1.72. The van der Waals surface area contributed by atoms with Crippen LogP contribution in [0.3, 0.4) is 0 Å². The number of carbonyl (C=O) groups is 1. The zero-order valence-electron chi connectivity index (χ0n) is 12.6. The molecule has 0 saturated carbocycles. The summed E-state index contributed by atoms with van der Waals surface area (Å²) in [6, 6.07) is 13.1. The van der Waals surface area contributed by atoms with Gasteiger partial charge in [0, 0.05) is 4.47 Å². The lowest BCUT2D eigenvalue weighted by Gasteiger charge is -2.10. The molecule has 22 heavy (non-hydrogen) atoms. The van der Waals surface area contributed by atoms with Crippen molar-refractivity contribution in [3.63, 3.8) is 0 Å². The van der Waals surface area contributed by atoms with Gasteiger partial charge >= 0.3 is 0 Å². The quantitative estimate of drug-likeness (QED) is 0.798. The van der Waals surface area contributed by atoms with Crippen molar-refractivity contribution < 1.29 is 14.3 Å². The molecular formula is C17H18BrNO3. The second kappa shape index (κ2) is 7.84. The third kappa shape index (κ3) is 4.49. The van der Waals surface area contributed by atoms with Crippen molar-refractivity contribution in [3.8, 4) is 11.5 Å². The molecule has 0 spiro atoms. The normalized spacial score (nSPS) is 10.1. The van der Waals surface area contributed by atoms with E-state index >= 15 is 0 Å². The van der Waals surface area contributed by atoms with Crippen LogP contribution in [0.4, 0.5) is 0 Å². The van der Waals surface area contributed by atoms with E-state index in [-0.39, 0.29) is 5.91 Å². The van der Waals surface area contributed by atoms with Gasteiger partial charge < -0.3 is 14.8 Å². The number of ether oxygens (including phenoxy) is 2. The van der Waals surface area contributed by atoms with Crippen LogP contribution >= 0.6 is 15.9 Å². The van der Waals surface area contributed by atoms with Crippen LogP contribution in [0.5, 0.6) is 11.5 Å². The van der Waals surface area contributed by atoms with Crippen molar-refractivity contribution in [1.82, 2.24) is 5.32 Å². The summed E-state index contributed by atoms with van der Waals surface area (Å²) < 4.78 is 11.4. The fourth-order valence-corrected chi connectivity index (χ4v) is 2.30. The van der Waals surface area contributed by atoms with Gasteiger partial charge in [0.15, 0.2) is 0 Å². The first-order valence-corrected chi connectivity index (χ1v) is 7.70. The molecule has 4 nitrogen and oxygen atoms in total. The summed E-state index contributed by atoms with van der Waals surface area (Å²) in [6.45, 7) is 2.86. The van der Waals surface area contributed by atoms with Crippen molar-refractivity contribution >= 4 is 21.8 Å². The molecule has 0 fully saturated rings. The number of hydrogen-bond acceptors (Lipinski definition) is 3. The summed E-state index contributed by atoms with van der Waals surface area (Å²) in [6.07, 6.45) is 0. The van der Waals surface area contributed by atoms with E-state index in [1.54, 1.807) is 25.3 Å². The number of methoxy groups -OCH3 is 1. The largest absolute Gasteiger partial charge is 0.497 e. The molecule has 1 amide bonds. The molecule has 0 radical (unpaired) electrons. The van der Waals surface area contributed by atoms with Crippen molar-refractivity contribution in [1.29, 1.82) is 0 Å². The van der Waals surface area contributed by atoms with Gasteiger partial charge in [0.1, 0.15) is 18.1 Å². The lowest BCUT2D eigenvalue weighted by molar-refractivity contribution is 0.0946. The van der Waals surface area contributed by atoms with Crippen LogP contribution in [-0.4, -0.2) is 26.2 Å². The van der Waals surface area contributed by atoms with Crippen LogP contribution in [0, 0.1) is 6.92 Å². The molecule has 0 heterocycles. The Bertz CT molecular complexity index is 641. The molecule has 0 aliphatic rings. The maximum absolute atomic E-state index is 12.1. The van der Waals surface area contributed by atoms with E-state index in [9.17, 15) is 4.79 Å². The Morgan fingerprint density at radius 3 is 2.50 bits per heavy atom. The van der Waals surface area contributed by atoms with E-state index < -0.39 is 0 Å². The summed E-state index contributed by atoms with van der Waals surface area (Å²) >= 11 is 3.37. The van der Waals surface area contributed by atoms with E-state index in [1.807, 2.05) is 31.2 Å². The number of rotatable bonds is 6. The highest BCUT2D eigenvalue weighted by atomic mass is 79.9. The summed E-state index contributed by atoms with van der Waals surface area (Å²) in [7, 11) is 1.57. The fourth-order valence-electron chi connectivity index (χ4n) is 1.87. The van der Waals surface area contributed by atoms with Gasteiger partial charge in [-0.05, 0) is 53.2 Å². The maximum Gasteiger partial charge on any atom is 0.252 e. The molecule has 0 aliphatic heterocycles. The van der Waals surface area contributed by atoms with Gasteiger partial charge in [0.2, 0.25) is 0 Å². The predicted molar refractivity (Wildman–Crippen MR) is 89.7 cm³/mol. The van der Waals surface area contributed by atoms with Gasteiger partial charge in [-0.3, -0.25) is 4.79 Å². The number of hydrogen-bond donors (Lipinski definition) is 1. The second-order valence-corrected chi connectivity index (χ2v) is 5.62. The third-order valence-corrected chi connectivity index (χ3v) is 3.79. The number of amides is 1. The summed E-state index contributed by atoms with van der Waals surface area (Å²) in [5.74, 6) is 1.27. The predicted octanol–water partition coefficient (Wildman–Crippen LogP) is 3.57. The monoisotopic (exact) mass is 363 g/mol. The molecule has 0 saturated heterocycles. The molecular weight excluding hydrogens is 346 g/mol. The van der Waals surface area contributed by atoms with Crippen LogP contribution in [0.15, 0.2) is 46.9 Å². The molecule has 116 valence electrons. The van der Waals surface area contributed by atoms with Crippen LogP contribution in [0.25, 0.3) is 0 Å². The summed E-state index contributed by atoms with van der Waals surface area (Å²) in [4.78, 5) is 12.1. The van der Waals surface area contributed by atoms with Crippen molar-refractivity contribution in [3.05, 3.63) is 58.1 Å². The molecule has 2 aromatic carbocycles. The van der Waals surface area contributed by atoms with Crippen LogP contribution in [-0.2, 0) is 0 Å². The Hall–Kier alpha value is -2.01. The van der Waals surface area contributed by atoms with Gasteiger partial charge in [-0.25, -0.2) is 0 Å². The molecule has 5 heteroatoms. The zero-order chi connectivity index (χ0) is 15.9. The van der Waals surface area contributed by atoms with E-state index in [0.29, 0.717) is 24.5 Å². The number of benzene rings is 2. The van der Waals surface area contributed by atoms with Gasteiger partial charge in [-0.15, -0.1) is 0 Å². The minimum absolute atomic E-state index is 0.168. The second-order valence-electron chi connectivity index (χ2n) is 4.76. The van der Waals surface area contributed by atoms with Crippen molar-refractivity contribution in [2.45, 2.75) is 6.92 Å². The molecule has 0 unspecified atom stereocenters. The number of halogens is 1. The first-order chi connectivity index (χ1) is 10.6. The van der Waals surface area contributed by atoms with Crippen LogP contribution in [0.2, 0.25) is 0 Å². The minimum Gasteiger partial charge on any atom is -0.497 e. The fraction of sp³-hybridized carbons (Fsp3) is 0.235. The lowest BCUT2D eigenvalue weighted by Crippen LogP contribution is -2.28. The number of aryl methyl sites for hydroxylation is 1. The Morgan fingerprint density at radius 2 is 1.82 bits per heavy atom. The van der Waals surface area contributed by atoms with Crippen molar-refractivity contribution in [2.75, 3.05) is 20.3 Å². The van der Waals surface area contributed by atoms with E-state index in [4.69, 9.17) is 9.47 Å². The Labute approximate surface area is 138 Å². The SMILES string of the molecule is COc1ccc(Br)c(C(=O)NCCOc2ccc(C)cc2)c1. The number of carbonyl (C=O) groups excluding carboxylic acids is 1. The van der Waals surface area contributed by atoms with Crippen LogP contribution in [0.1, 0.15) is 15.9 Å².